The number of hydrogen-bond acceptors (Lipinski definition) is 3. The standard InChI is InChI=1S/C16H18N4O2/c1-3-9-17-16(22)13-11-14(20(2)19-13)18-15(21)10-12-7-5-4-6-8-12/h3-8,11H,1,9-10H2,2H3,(H,17,22)(H,18,21). The molecule has 2 amide bonds. The SMILES string of the molecule is C=CCNC(=O)c1cc(NC(=O)Cc2ccccc2)n(C)n1. The highest BCUT2D eigenvalue weighted by Crippen LogP contribution is 2.10. The molecule has 1 heterocycles. The third kappa shape index (κ3) is 4.05. The zero-order valence-corrected chi connectivity index (χ0v) is 12.4. The van der Waals surface area contributed by atoms with Gasteiger partial charge >= 0.3 is 0 Å². The Morgan fingerprint density at radius 2 is 2.05 bits per heavy atom. The predicted octanol–water partition coefficient (Wildman–Crippen LogP) is 1.52. The van der Waals surface area contributed by atoms with Crippen LogP contribution < -0.4 is 10.6 Å². The van der Waals surface area contributed by atoms with E-state index in [0.717, 1.165) is 5.56 Å². The predicted molar refractivity (Wildman–Crippen MR) is 84.5 cm³/mol. The van der Waals surface area contributed by atoms with Gasteiger partial charge in [0.05, 0.1) is 6.42 Å². The normalized spacial score (nSPS) is 10.0. The molecular weight excluding hydrogens is 280 g/mol. The van der Waals surface area contributed by atoms with E-state index >= 15 is 0 Å². The molecule has 1 aromatic heterocycles. The smallest absolute Gasteiger partial charge is 0.272 e. The number of nitrogens with zero attached hydrogens (tertiary/aromatic N) is 2. The largest absolute Gasteiger partial charge is 0.347 e. The number of carbonyl (C=O) groups excluding carboxylic acids is 2. The Kier molecular flexibility index (Phi) is 5.08. The summed E-state index contributed by atoms with van der Waals surface area (Å²) in [5.41, 5.74) is 1.17. The van der Waals surface area contributed by atoms with Gasteiger partial charge in [-0.1, -0.05) is 36.4 Å². The number of hydrogen-bond donors (Lipinski definition) is 2. The van der Waals surface area contributed by atoms with E-state index in [1.807, 2.05) is 30.3 Å². The van der Waals surface area contributed by atoms with Crippen molar-refractivity contribution in [3.8, 4) is 0 Å². The lowest BCUT2D eigenvalue weighted by Gasteiger charge is -2.04. The van der Waals surface area contributed by atoms with Crippen LogP contribution >= 0.6 is 0 Å². The van der Waals surface area contributed by atoms with Crippen molar-refractivity contribution in [3.05, 3.63) is 60.3 Å². The fourth-order valence-corrected chi connectivity index (χ4v) is 1.92. The van der Waals surface area contributed by atoms with Crippen molar-refractivity contribution in [2.45, 2.75) is 6.42 Å². The molecule has 0 aliphatic rings. The molecule has 0 radical (unpaired) electrons. The monoisotopic (exact) mass is 298 g/mol. The van der Waals surface area contributed by atoms with E-state index in [-0.39, 0.29) is 23.9 Å². The Bertz CT molecular complexity index is 677. The van der Waals surface area contributed by atoms with Crippen LogP contribution in [0, 0.1) is 0 Å². The maximum absolute atomic E-state index is 12.0. The minimum atomic E-state index is -0.306. The Balaban J connectivity index is 2.00. The third-order valence-corrected chi connectivity index (χ3v) is 2.99. The van der Waals surface area contributed by atoms with Gasteiger partial charge in [-0.15, -0.1) is 6.58 Å². The van der Waals surface area contributed by atoms with Crippen LogP contribution in [0.3, 0.4) is 0 Å². The number of nitrogens with one attached hydrogen (secondary N) is 2. The summed E-state index contributed by atoms with van der Waals surface area (Å²) in [5.74, 6) is 0.0102. The molecule has 0 fully saturated rings. The summed E-state index contributed by atoms with van der Waals surface area (Å²) >= 11 is 0. The van der Waals surface area contributed by atoms with E-state index in [1.54, 1.807) is 19.2 Å². The van der Waals surface area contributed by atoms with Crippen LogP contribution in [0.5, 0.6) is 0 Å². The summed E-state index contributed by atoms with van der Waals surface area (Å²) in [6.45, 7) is 3.90. The van der Waals surface area contributed by atoms with Crippen LogP contribution in [-0.2, 0) is 18.3 Å². The molecule has 0 bridgehead atoms. The second-order valence-electron chi connectivity index (χ2n) is 4.75. The first-order valence-electron chi connectivity index (χ1n) is 6.87. The molecule has 0 aliphatic carbocycles. The van der Waals surface area contributed by atoms with Gasteiger partial charge in [0.1, 0.15) is 5.82 Å². The highest BCUT2D eigenvalue weighted by Gasteiger charge is 2.14. The molecule has 0 saturated heterocycles. The average molecular weight is 298 g/mol. The molecule has 2 N–H and O–H groups in total. The summed E-state index contributed by atoms with van der Waals surface area (Å²) in [7, 11) is 1.67. The van der Waals surface area contributed by atoms with Crippen molar-refractivity contribution in [1.29, 1.82) is 0 Å². The van der Waals surface area contributed by atoms with Crippen molar-refractivity contribution in [3.63, 3.8) is 0 Å². The minimum Gasteiger partial charge on any atom is -0.347 e. The fourth-order valence-electron chi connectivity index (χ4n) is 1.92. The van der Waals surface area contributed by atoms with Crippen LogP contribution in [-0.4, -0.2) is 28.1 Å². The molecule has 0 aliphatic heterocycles. The fraction of sp³-hybridized carbons (Fsp3) is 0.188. The topological polar surface area (TPSA) is 76.0 Å². The number of anilines is 1. The number of carbonyl (C=O) groups is 2. The lowest BCUT2D eigenvalue weighted by molar-refractivity contribution is -0.115. The number of aromatic nitrogens is 2. The van der Waals surface area contributed by atoms with Crippen LogP contribution in [0.4, 0.5) is 5.82 Å². The van der Waals surface area contributed by atoms with Gasteiger partial charge in [-0.3, -0.25) is 14.3 Å². The summed E-state index contributed by atoms with van der Waals surface area (Å²) in [6.07, 6.45) is 1.85. The Morgan fingerprint density at radius 3 is 2.73 bits per heavy atom. The lowest BCUT2D eigenvalue weighted by Crippen LogP contribution is -2.23. The lowest BCUT2D eigenvalue weighted by atomic mass is 10.1. The number of rotatable bonds is 6. The molecule has 1 aromatic carbocycles. The molecule has 6 heteroatoms. The molecule has 6 nitrogen and oxygen atoms in total. The van der Waals surface area contributed by atoms with Crippen LogP contribution in [0.2, 0.25) is 0 Å². The quantitative estimate of drug-likeness (QED) is 0.794. The number of benzene rings is 1. The molecule has 0 spiro atoms. The first-order chi connectivity index (χ1) is 10.6. The number of aryl methyl sites for hydroxylation is 1. The van der Waals surface area contributed by atoms with Gasteiger partial charge in [-0.25, -0.2) is 0 Å². The zero-order chi connectivity index (χ0) is 15.9. The Morgan fingerprint density at radius 1 is 1.32 bits per heavy atom. The first-order valence-corrected chi connectivity index (χ1v) is 6.87. The second kappa shape index (κ2) is 7.21. The second-order valence-corrected chi connectivity index (χ2v) is 4.75. The van der Waals surface area contributed by atoms with Crippen molar-refractivity contribution < 1.29 is 9.59 Å². The van der Waals surface area contributed by atoms with Crippen molar-refractivity contribution in [1.82, 2.24) is 15.1 Å². The van der Waals surface area contributed by atoms with Gasteiger partial charge in [0, 0.05) is 19.7 Å². The zero-order valence-electron chi connectivity index (χ0n) is 12.4. The van der Waals surface area contributed by atoms with E-state index in [4.69, 9.17) is 0 Å². The molecule has 2 rings (SSSR count). The van der Waals surface area contributed by atoms with Gasteiger partial charge < -0.3 is 10.6 Å². The minimum absolute atomic E-state index is 0.160. The van der Waals surface area contributed by atoms with Gasteiger partial charge in [0.25, 0.3) is 5.91 Å². The van der Waals surface area contributed by atoms with Crippen molar-refractivity contribution in [2.75, 3.05) is 11.9 Å². The average Bonchev–Trinajstić information content (AvgIpc) is 2.87. The summed E-state index contributed by atoms with van der Waals surface area (Å²) in [4.78, 5) is 23.8. The van der Waals surface area contributed by atoms with Crippen LogP contribution in [0.15, 0.2) is 49.1 Å². The van der Waals surface area contributed by atoms with Crippen molar-refractivity contribution >= 4 is 17.6 Å². The molecule has 0 unspecified atom stereocenters. The highest BCUT2D eigenvalue weighted by molar-refractivity contribution is 5.96. The van der Waals surface area contributed by atoms with E-state index in [1.165, 1.54) is 4.68 Å². The third-order valence-electron chi connectivity index (χ3n) is 2.99. The summed E-state index contributed by atoms with van der Waals surface area (Å²) < 4.78 is 1.46. The van der Waals surface area contributed by atoms with Gasteiger partial charge in [-0.05, 0) is 5.56 Å². The molecule has 0 saturated carbocycles. The molecule has 0 atom stereocenters. The van der Waals surface area contributed by atoms with Crippen LogP contribution in [0.1, 0.15) is 16.1 Å². The van der Waals surface area contributed by atoms with Gasteiger partial charge in [0.2, 0.25) is 5.91 Å². The highest BCUT2D eigenvalue weighted by atomic mass is 16.2. The Labute approximate surface area is 128 Å². The van der Waals surface area contributed by atoms with Crippen molar-refractivity contribution in [2.24, 2.45) is 7.05 Å². The van der Waals surface area contributed by atoms with Crippen LogP contribution in [0.25, 0.3) is 0 Å². The van der Waals surface area contributed by atoms with E-state index in [0.29, 0.717) is 12.4 Å². The van der Waals surface area contributed by atoms with E-state index in [2.05, 4.69) is 22.3 Å². The molecular formula is C16H18N4O2. The maximum atomic E-state index is 12.0. The van der Waals surface area contributed by atoms with E-state index < -0.39 is 0 Å². The molecule has 22 heavy (non-hydrogen) atoms. The maximum Gasteiger partial charge on any atom is 0.272 e. The number of amides is 2. The first kappa shape index (κ1) is 15.5. The summed E-state index contributed by atoms with van der Waals surface area (Å²) in [5, 5.41) is 9.47. The molecule has 114 valence electrons. The van der Waals surface area contributed by atoms with Gasteiger partial charge in [-0.2, -0.15) is 5.10 Å². The Hall–Kier alpha value is -2.89. The van der Waals surface area contributed by atoms with Gasteiger partial charge in [0.15, 0.2) is 5.69 Å². The summed E-state index contributed by atoms with van der Waals surface area (Å²) in [6, 6.07) is 11.0. The van der Waals surface area contributed by atoms with E-state index in [9.17, 15) is 9.59 Å². The molecule has 2 aromatic rings.